The van der Waals surface area contributed by atoms with Gasteiger partial charge in [-0.05, 0) is 24.5 Å². The van der Waals surface area contributed by atoms with Gasteiger partial charge in [-0.1, -0.05) is 44.2 Å². The Hall–Kier alpha value is -1.84. The van der Waals surface area contributed by atoms with Gasteiger partial charge in [-0.2, -0.15) is 0 Å². The topological polar surface area (TPSA) is 49.0 Å². The number of aromatic amines is 1. The number of carbonyl (C=O) groups excluding carboxylic acids is 1. The molecule has 4 heteroatoms. The minimum atomic E-state index is 0.336. The average molecular weight is 311 g/mol. The lowest BCUT2D eigenvalue weighted by atomic mass is 9.86. The van der Waals surface area contributed by atoms with Gasteiger partial charge in [0.1, 0.15) is 5.82 Å². The summed E-state index contributed by atoms with van der Waals surface area (Å²) in [5.41, 5.74) is 2.11. The van der Waals surface area contributed by atoms with Crippen LogP contribution in [-0.4, -0.2) is 33.9 Å². The fraction of sp³-hybridized carbons (Fsp3) is 0.579. The monoisotopic (exact) mass is 311 g/mol. The largest absolute Gasteiger partial charge is 0.342 e. The zero-order chi connectivity index (χ0) is 15.6. The Bertz CT molecular complexity index is 648. The lowest BCUT2D eigenvalue weighted by Crippen LogP contribution is -2.48. The van der Waals surface area contributed by atoms with Crippen molar-refractivity contribution in [3.8, 4) is 0 Å². The summed E-state index contributed by atoms with van der Waals surface area (Å²) in [6, 6.07) is 8.11. The number of amides is 1. The zero-order valence-electron chi connectivity index (χ0n) is 13.6. The molecule has 0 radical (unpaired) electrons. The van der Waals surface area contributed by atoms with Crippen molar-refractivity contribution in [3.05, 3.63) is 30.1 Å². The van der Waals surface area contributed by atoms with E-state index in [-0.39, 0.29) is 0 Å². The number of H-pyrrole nitrogens is 1. The highest BCUT2D eigenvalue weighted by Crippen LogP contribution is 2.30. The molecule has 4 nitrogen and oxygen atoms in total. The van der Waals surface area contributed by atoms with Crippen molar-refractivity contribution >= 4 is 16.9 Å². The number of fused-ring (bicyclic) bond motifs is 1. The molecule has 23 heavy (non-hydrogen) atoms. The number of likely N-dealkylation sites (tertiary alicyclic amines) is 1. The van der Waals surface area contributed by atoms with Crippen molar-refractivity contribution in [1.29, 1.82) is 0 Å². The standard InChI is InChI=1S/C19H25N3O/c23-18(11-10-14-6-2-1-3-7-14)22-12-15(13-22)19-20-16-8-4-5-9-17(16)21-19/h4-5,8-9,14-15H,1-3,6-7,10-13H2,(H,20,21). The Morgan fingerprint density at radius 1 is 1.17 bits per heavy atom. The van der Waals surface area contributed by atoms with Crippen molar-refractivity contribution < 1.29 is 4.79 Å². The van der Waals surface area contributed by atoms with Gasteiger partial charge in [-0.3, -0.25) is 4.79 Å². The van der Waals surface area contributed by atoms with Crippen molar-refractivity contribution in [2.75, 3.05) is 13.1 Å². The van der Waals surface area contributed by atoms with Crippen LogP contribution in [0.4, 0.5) is 0 Å². The SMILES string of the molecule is O=C(CCC1CCCCC1)N1CC(c2nc3ccccc3[nH]2)C1. The van der Waals surface area contributed by atoms with E-state index >= 15 is 0 Å². The number of carbonyl (C=O) groups is 1. The normalized spacial score (nSPS) is 19.9. The van der Waals surface area contributed by atoms with Crippen LogP contribution in [0.15, 0.2) is 24.3 Å². The van der Waals surface area contributed by atoms with E-state index < -0.39 is 0 Å². The Kier molecular flexibility index (Phi) is 4.06. The van der Waals surface area contributed by atoms with Gasteiger partial charge < -0.3 is 9.88 Å². The number of aromatic nitrogens is 2. The highest BCUT2D eigenvalue weighted by Gasteiger charge is 2.33. The molecule has 1 aliphatic heterocycles. The van der Waals surface area contributed by atoms with Gasteiger partial charge in [-0.25, -0.2) is 4.98 Å². The number of hydrogen-bond acceptors (Lipinski definition) is 2. The van der Waals surface area contributed by atoms with Gasteiger partial charge in [0, 0.05) is 19.5 Å². The Labute approximate surface area is 137 Å². The first-order valence-electron chi connectivity index (χ1n) is 9.02. The molecule has 2 aromatic rings. The first kappa shape index (κ1) is 14.7. The number of nitrogens with zero attached hydrogens (tertiary/aromatic N) is 2. The molecule has 1 aliphatic carbocycles. The lowest BCUT2D eigenvalue weighted by molar-refractivity contribution is -0.136. The molecular weight excluding hydrogens is 286 g/mol. The summed E-state index contributed by atoms with van der Waals surface area (Å²) in [6.45, 7) is 1.65. The smallest absolute Gasteiger partial charge is 0.222 e. The van der Waals surface area contributed by atoms with Gasteiger partial charge >= 0.3 is 0 Å². The molecule has 0 unspecified atom stereocenters. The second-order valence-electron chi connectivity index (χ2n) is 7.18. The molecule has 0 atom stereocenters. The third-order valence-corrected chi connectivity index (χ3v) is 5.52. The molecule has 4 rings (SSSR count). The molecule has 1 saturated carbocycles. The van der Waals surface area contributed by atoms with E-state index in [9.17, 15) is 4.79 Å². The third-order valence-electron chi connectivity index (χ3n) is 5.52. The maximum atomic E-state index is 12.3. The number of imidazole rings is 1. The van der Waals surface area contributed by atoms with Gasteiger partial charge in [-0.15, -0.1) is 0 Å². The van der Waals surface area contributed by atoms with Crippen LogP contribution in [0.2, 0.25) is 0 Å². The van der Waals surface area contributed by atoms with E-state index in [1.165, 1.54) is 32.1 Å². The summed E-state index contributed by atoms with van der Waals surface area (Å²) in [4.78, 5) is 22.4. The summed E-state index contributed by atoms with van der Waals surface area (Å²) in [5.74, 6) is 2.53. The molecule has 1 amide bonds. The zero-order valence-corrected chi connectivity index (χ0v) is 13.6. The van der Waals surface area contributed by atoms with Crippen molar-refractivity contribution in [2.24, 2.45) is 5.92 Å². The van der Waals surface area contributed by atoms with E-state index in [1.807, 2.05) is 23.1 Å². The molecule has 122 valence electrons. The summed E-state index contributed by atoms with van der Waals surface area (Å²) in [6.07, 6.45) is 8.58. The van der Waals surface area contributed by atoms with Crippen LogP contribution in [0.1, 0.15) is 56.7 Å². The molecule has 1 aromatic carbocycles. The highest BCUT2D eigenvalue weighted by molar-refractivity contribution is 5.78. The molecule has 0 spiro atoms. The number of nitrogens with one attached hydrogen (secondary N) is 1. The van der Waals surface area contributed by atoms with Crippen molar-refractivity contribution in [2.45, 2.75) is 50.9 Å². The van der Waals surface area contributed by atoms with E-state index in [4.69, 9.17) is 0 Å². The predicted octanol–water partition coefficient (Wildman–Crippen LogP) is 3.85. The highest BCUT2D eigenvalue weighted by atomic mass is 16.2. The quantitative estimate of drug-likeness (QED) is 0.932. The average Bonchev–Trinajstić information content (AvgIpc) is 2.96. The molecular formula is C19H25N3O. The number of para-hydroxylation sites is 2. The summed E-state index contributed by atoms with van der Waals surface area (Å²) in [7, 11) is 0. The minimum absolute atomic E-state index is 0.336. The molecule has 1 aromatic heterocycles. The second-order valence-corrected chi connectivity index (χ2v) is 7.18. The second kappa shape index (κ2) is 6.34. The van der Waals surface area contributed by atoms with Crippen LogP contribution < -0.4 is 0 Å². The first-order valence-corrected chi connectivity index (χ1v) is 9.02. The van der Waals surface area contributed by atoms with E-state index in [0.717, 1.165) is 48.7 Å². The number of benzene rings is 1. The molecule has 2 heterocycles. The minimum Gasteiger partial charge on any atom is -0.342 e. The third kappa shape index (κ3) is 3.12. The van der Waals surface area contributed by atoms with Gasteiger partial charge in [0.25, 0.3) is 0 Å². The maximum absolute atomic E-state index is 12.3. The van der Waals surface area contributed by atoms with E-state index in [1.54, 1.807) is 0 Å². The summed E-state index contributed by atoms with van der Waals surface area (Å²) >= 11 is 0. The maximum Gasteiger partial charge on any atom is 0.222 e. The Balaban J connectivity index is 1.27. The fourth-order valence-corrected chi connectivity index (χ4v) is 3.98. The van der Waals surface area contributed by atoms with Crippen molar-refractivity contribution in [3.63, 3.8) is 0 Å². The van der Waals surface area contributed by atoms with Gasteiger partial charge in [0.15, 0.2) is 0 Å². The van der Waals surface area contributed by atoms with Crippen LogP contribution in [0.5, 0.6) is 0 Å². The van der Waals surface area contributed by atoms with Crippen LogP contribution in [0.3, 0.4) is 0 Å². The van der Waals surface area contributed by atoms with Crippen molar-refractivity contribution in [1.82, 2.24) is 14.9 Å². The summed E-state index contributed by atoms with van der Waals surface area (Å²) < 4.78 is 0. The molecule has 0 bridgehead atoms. The number of rotatable bonds is 4. The fourth-order valence-electron chi connectivity index (χ4n) is 3.98. The Morgan fingerprint density at radius 3 is 2.74 bits per heavy atom. The lowest BCUT2D eigenvalue weighted by Gasteiger charge is -2.38. The van der Waals surface area contributed by atoms with Crippen LogP contribution in [0.25, 0.3) is 11.0 Å². The molecule has 2 fully saturated rings. The van der Waals surface area contributed by atoms with Crippen LogP contribution in [-0.2, 0) is 4.79 Å². The van der Waals surface area contributed by atoms with Gasteiger partial charge in [0.2, 0.25) is 5.91 Å². The van der Waals surface area contributed by atoms with Crippen LogP contribution in [0, 0.1) is 5.92 Å². The molecule has 1 saturated heterocycles. The van der Waals surface area contributed by atoms with Gasteiger partial charge in [0.05, 0.1) is 17.0 Å². The number of hydrogen-bond donors (Lipinski definition) is 1. The Morgan fingerprint density at radius 2 is 1.96 bits per heavy atom. The molecule has 2 aliphatic rings. The predicted molar refractivity (Wildman–Crippen MR) is 91.2 cm³/mol. The summed E-state index contributed by atoms with van der Waals surface area (Å²) in [5, 5.41) is 0. The molecule has 1 N–H and O–H groups in total. The van der Waals surface area contributed by atoms with E-state index in [0.29, 0.717) is 11.8 Å². The van der Waals surface area contributed by atoms with E-state index in [2.05, 4.69) is 16.0 Å². The first-order chi connectivity index (χ1) is 11.3. The van der Waals surface area contributed by atoms with Crippen LogP contribution >= 0.6 is 0 Å².